The Morgan fingerprint density at radius 2 is 2.10 bits per heavy atom. The summed E-state index contributed by atoms with van der Waals surface area (Å²) < 4.78 is 41.3. The monoisotopic (exact) mass is 297 g/mol. The molecule has 2 aromatic rings. The topological polar surface area (TPSA) is 76.5 Å². The number of pyridine rings is 1. The smallest absolute Gasteiger partial charge is 0.224 e. The van der Waals surface area contributed by atoms with Gasteiger partial charge in [-0.05, 0) is 24.3 Å². The van der Waals surface area contributed by atoms with Gasteiger partial charge in [0.25, 0.3) is 0 Å². The summed E-state index contributed by atoms with van der Waals surface area (Å²) in [6.45, 7) is -0.439. The lowest BCUT2D eigenvalue weighted by molar-refractivity contribution is 0.274. The molecular weight excluding hydrogens is 285 g/mol. The van der Waals surface area contributed by atoms with Gasteiger partial charge in [-0.15, -0.1) is 0 Å². The lowest BCUT2D eigenvalue weighted by Crippen LogP contribution is -1.99. The summed E-state index contributed by atoms with van der Waals surface area (Å²) in [4.78, 5) is 3.83. The van der Waals surface area contributed by atoms with E-state index in [2.05, 4.69) is 4.98 Å². The Hall–Kier alpha value is -1.99. The average Bonchev–Trinajstić information content (AvgIpc) is 2.40. The van der Waals surface area contributed by atoms with Crippen molar-refractivity contribution in [3.05, 3.63) is 47.9 Å². The number of rotatable bonds is 4. The molecule has 7 heteroatoms. The molecule has 2 rings (SSSR count). The van der Waals surface area contributed by atoms with Crippen molar-refractivity contribution in [1.82, 2.24) is 4.98 Å². The molecule has 0 fully saturated rings. The third-order valence-corrected chi connectivity index (χ3v) is 3.62. The number of benzene rings is 1. The van der Waals surface area contributed by atoms with Crippen molar-refractivity contribution >= 4 is 9.84 Å². The van der Waals surface area contributed by atoms with E-state index in [0.29, 0.717) is 0 Å². The quantitative estimate of drug-likeness (QED) is 0.933. The minimum Gasteiger partial charge on any atom is -0.439 e. The van der Waals surface area contributed by atoms with Crippen LogP contribution in [0.5, 0.6) is 11.6 Å². The van der Waals surface area contributed by atoms with E-state index in [9.17, 15) is 12.8 Å². The Labute approximate surface area is 115 Å². The molecule has 20 heavy (non-hydrogen) atoms. The van der Waals surface area contributed by atoms with E-state index in [-0.39, 0.29) is 22.1 Å². The number of halogens is 1. The molecule has 0 spiro atoms. The first-order valence-corrected chi connectivity index (χ1v) is 7.52. The third kappa shape index (κ3) is 3.31. The van der Waals surface area contributed by atoms with Crippen LogP contribution in [-0.4, -0.2) is 24.8 Å². The molecule has 1 aromatic carbocycles. The van der Waals surface area contributed by atoms with Crippen LogP contribution >= 0.6 is 0 Å². The van der Waals surface area contributed by atoms with Gasteiger partial charge in [0.1, 0.15) is 11.6 Å². The highest BCUT2D eigenvalue weighted by molar-refractivity contribution is 7.90. The third-order valence-electron chi connectivity index (χ3n) is 2.51. The second kappa shape index (κ2) is 5.56. The van der Waals surface area contributed by atoms with Crippen LogP contribution in [0.25, 0.3) is 0 Å². The van der Waals surface area contributed by atoms with E-state index in [0.717, 1.165) is 18.5 Å². The van der Waals surface area contributed by atoms with Crippen LogP contribution in [-0.2, 0) is 16.4 Å². The van der Waals surface area contributed by atoms with Gasteiger partial charge in [-0.3, -0.25) is 0 Å². The molecular formula is C13H12FNO4S. The normalized spacial score (nSPS) is 11.3. The van der Waals surface area contributed by atoms with Crippen molar-refractivity contribution in [2.45, 2.75) is 11.5 Å². The number of nitrogens with zero attached hydrogens (tertiary/aromatic N) is 1. The summed E-state index contributed by atoms with van der Waals surface area (Å²) in [5.74, 6) is -0.326. The molecule has 0 amide bonds. The predicted molar refractivity (Wildman–Crippen MR) is 69.7 cm³/mol. The van der Waals surface area contributed by atoms with Crippen LogP contribution in [0.2, 0.25) is 0 Å². The SMILES string of the molecule is CS(=O)(=O)c1cccc(Oc2ncc(F)cc2CO)c1. The molecule has 0 aliphatic carbocycles. The minimum atomic E-state index is -3.35. The maximum atomic E-state index is 13.0. The average molecular weight is 297 g/mol. The van der Waals surface area contributed by atoms with Gasteiger partial charge in [-0.2, -0.15) is 0 Å². The summed E-state index contributed by atoms with van der Waals surface area (Å²) in [6, 6.07) is 6.94. The second-order valence-corrected chi connectivity index (χ2v) is 6.14. The van der Waals surface area contributed by atoms with Gasteiger partial charge in [-0.1, -0.05) is 6.07 Å². The highest BCUT2D eigenvalue weighted by atomic mass is 32.2. The molecule has 106 valence electrons. The summed E-state index contributed by atoms with van der Waals surface area (Å²) in [6.07, 6.45) is 2.04. The Kier molecular flexibility index (Phi) is 4.01. The summed E-state index contributed by atoms with van der Waals surface area (Å²) in [5.41, 5.74) is 0.176. The Morgan fingerprint density at radius 3 is 2.75 bits per heavy atom. The van der Waals surface area contributed by atoms with E-state index >= 15 is 0 Å². The van der Waals surface area contributed by atoms with E-state index < -0.39 is 22.3 Å². The Morgan fingerprint density at radius 1 is 1.35 bits per heavy atom. The van der Waals surface area contributed by atoms with Crippen molar-refractivity contribution in [2.24, 2.45) is 0 Å². The zero-order valence-electron chi connectivity index (χ0n) is 10.6. The van der Waals surface area contributed by atoms with E-state index in [1.54, 1.807) is 6.07 Å². The van der Waals surface area contributed by atoms with Crippen molar-refractivity contribution in [3.8, 4) is 11.6 Å². The molecule has 0 aliphatic rings. The molecule has 1 N–H and O–H groups in total. The van der Waals surface area contributed by atoms with Gasteiger partial charge in [0.15, 0.2) is 9.84 Å². The standard InChI is InChI=1S/C13H12FNO4S/c1-20(17,18)12-4-2-3-11(6-12)19-13-9(8-16)5-10(14)7-15-13/h2-7,16H,8H2,1H3. The first-order chi connectivity index (χ1) is 9.40. The van der Waals surface area contributed by atoms with Crippen LogP contribution in [0.4, 0.5) is 4.39 Å². The number of aliphatic hydroxyl groups is 1. The number of sulfone groups is 1. The fraction of sp³-hybridized carbons (Fsp3) is 0.154. The second-order valence-electron chi connectivity index (χ2n) is 4.13. The zero-order valence-corrected chi connectivity index (χ0v) is 11.4. The number of hydrogen-bond donors (Lipinski definition) is 1. The highest BCUT2D eigenvalue weighted by Crippen LogP contribution is 2.25. The molecule has 0 atom stereocenters. The lowest BCUT2D eigenvalue weighted by atomic mass is 10.3. The molecule has 0 saturated heterocycles. The highest BCUT2D eigenvalue weighted by Gasteiger charge is 2.11. The van der Waals surface area contributed by atoms with Crippen LogP contribution in [0.15, 0.2) is 41.4 Å². The molecule has 5 nitrogen and oxygen atoms in total. The Balaban J connectivity index is 2.36. The maximum absolute atomic E-state index is 13.0. The fourth-order valence-corrected chi connectivity index (χ4v) is 2.21. The fourth-order valence-electron chi connectivity index (χ4n) is 1.55. The van der Waals surface area contributed by atoms with Gasteiger partial charge in [-0.25, -0.2) is 17.8 Å². The summed E-state index contributed by atoms with van der Waals surface area (Å²) >= 11 is 0. The molecule has 1 aromatic heterocycles. The van der Waals surface area contributed by atoms with Crippen molar-refractivity contribution in [3.63, 3.8) is 0 Å². The molecule has 0 aliphatic heterocycles. The van der Waals surface area contributed by atoms with E-state index in [4.69, 9.17) is 9.84 Å². The zero-order chi connectivity index (χ0) is 14.8. The first-order valence-electron chi connectivity index (χ1n) is 5.63. The predicted octanol–water partition coefficient (Wildman–Crippen LogP) is 1.91. The number of hydrogen-bond acceptors (Lipinski definition) is 5. The summed E-state index contributed by atoms with van der Waals surface area (Å²) in [7, 11) is -3.35. The van der Waals surface area contributed by atoms with Gasteiger partial charge >= 0.3 is 0 Å². The van der Waals surface area contributed by atoms with Crippen LogP contribution in [0.1, 0.15) is 5.56 Å². The molecule has 0 saturated carbocycles. The van der Waals surface area contributed by atoms with Gasteiger partial charge < -0.3 is 9.84 Å². The van der Waals surface area contributed by atoms with Gasteiger partial charge in [0.2, 0.25) is 5.88 Å². The van der Waals surface area contributed by atoms with Crippen molar-refractivity contribution < 1.29 is 22.7 Å². The molecule has 0 unspecified atom stereocenters. The molecule has 0 bridgehead atoms. The van der Waals surface area contributed by atoms with E-state index in [1.165, 1.54) is 18.2 Å². The van der Waals surface area contributed by atoms with Crippen LogP contribution < -0.4 is 4.74 Å². The van der Waals surface area contributed by atoms with Crippen LogP contribution in [0.3, 0.4) is 0 Å². The first kappa shape index (κ1) is 14.4. The number of aromatic nitrogens is 1. The van der Waals surface area contributed by atoms with Gasteiger partial charge in [0.05, 0.1) is 17.7 Å². The van der Waals surface area contributed by atoms with Gasteiger partial charge in [0, 0.05) is 11.8 Å². The molecule has 0 radical (unpaired) electrons. The maximum Gasteiger partial charge on any atom is 0.224 e. The number of aliphatic hydroxyl groups excluding tert-OH is 1. The van der Waals surface area contributed by atoms with Crippen LogP contribution in [0, 0.1) is 5.82 Å². The molecule has 1 heterocycles. The lowest BCUT2D eigenvalue weighted by Gasteiger charge is -2.09. The largest absolute Gasteiger partial charge is 0.439 e. The van der Waals surface area contributed by atoms with Crippen molar-refractivity contribution in [2.75, 3.05) is 6.26 Å². The van der Waals surface area contributed by atoms with Crippen molar-refractivity contribution in [1.29, 1.82) is 0 Å². The number of ether oxygens (including phenoxy) is 1. The summed E-state index contributed by atoms with van der Waals surface area (Å²) in [5, 5.41) is 9.12. The van der Waals surface area contributed by atoms with E-state index in [1.807, 2.05) is 0 Å². The Bertz CT molecular complexity index is 731. The minimum absolute atomic E-state index is 0.0274.